The van der Waals surface area contributed by atoms with Crippen LogP contribution >= 0.6 is 0 Å². The van der Waals surface area contributed by atoms with E-state index in [4.69, 9.17) is 9.47 Å². The van der Waals surface area contributed by atoms with E-state index in [0.29, 0.717) is 19.6 Å². The first kappa shape index (κ1) is 15.1. The molecule has 0 saturated carbocycles. The molecule has 1 N–H and O–H groups in total. The molecule has 0 aromatic heterocycles. The Hall–Kier alpha value is -1.27. The van der Waals surface area contributed by atoms with Crippen LogP contribution in [0.25, 0.3) is 0 Å². The lowest BCUT2D eigenvalue weighted by molar-refractivity contribution is 0.304. The van der Waals surface area contributed by atoms with Gasteiger partial charge in [-0.3, -0.25) is 0 Å². The van der Waals surface area contributed by atoms with Gasteiger partial charge in [-0.1, -0.05) is 6.92 Å². The van der Waals surface area contributed by atoms with Gasteiger partial charge in [0.25, 0.3) is 0 Å². The monoisotopic (exact) mass is 299 g/mol. The van der Waals surface area contributed by atoms with Crippen molar-refractivity contribution in [1.82, 2.24) is 5.32 Å². The predicted octanol–water partition coefficient (Wildman–Crippen LogP) is 1.54. The number of rotatable bonds is 7. The van der Waals surface area contributed by atoms with Gasteiger partial charge >= 0.3 is 0 Å². The third-order valence-electron chi connectivity index (χ3n) is 3.14. The Bertz CT molecular complexity index is 556. The number of hydrogen-bond donors (Lipinski definition) is 1. The second kappa shape index (κ2) is 6.45. The molecule has 1 unspecified atom stereocenters. The molecule has 1 aromatic rings. The minimum Gasteiger partial charge on any atom is -0.493 e. The summed E-state index contributed by atoms with van der Waals surface area (Å²) in [5.41, 5.74) is 1.15. The third kappa shape index (κ3) is 4.11. The molecular weight excluding hydrogens is 278 g/mol. The van der Waals surface area contributed by atoms with Crippen molar-refractivity contribution in [2.24, 2.45) is 0 Å². The van der Waals surface area contributed by atoms with Gasteiger partial charge in [-0.25, -0.2) is 8.42 Å². The summed E-state index contributed by atoms with van der Waals surface area (Å²) in [6.45, 7) is 4.00. The number of ether oxygens (including phenoxy) is 2. The maximum atomic E-state index is 11.0. The van der Waals surface area contributed by atoms with Crippen LogP contribution in [-0.2, 0) is 9.84 Å². The quantitative estimate of drug-likeness (QED) is 0.774. The van der Waals surface area contributed by atoms with Crippen LogP contribution in [0.4, 0.5) is 0 Å². The Labute approximate surface area is 120 Å². The Morgan fingerprint density at radius 3 is 2.95 bits per heavy atom. The fourth-order valence-electron chi connectivity index (χ4n) is 2.21. The number of hydrogen-bond acceptors (Lipinski definition) is 5. The average Bonchev–Trinajstić information content (AvgIpc) is 2.77. The summed E-state index contributed by atoms with van der Waals surface area (Å²) >= 11 is 0. The van der Waals surface area contributed by atoms with Crippen LogP contribution in [0.15, 0.2) is 18.2 Å². The summed E-state index contributed by atoms with van der Waals surface area (Å²) in [7, 11) is -2.91. The van der Waals surface area contributed by atoms with Gasteiger partial charge in [0, 0.05) is 17.9 Å². The van der Waals surface area contributed by atoms with Crippen LogP contribution in [0, 0.1) is 0 Å². The van der Waals surface area contributed by atoms with Gasteiger partial charge in [0.15, 0.2) is 0 Å². The number of nitrogens with one attached hydrogen (secondary N) is 1. The first-order chi connectivity index (χ1) is 9.49. The second-order valence-corrected chi connectivity index (χ2v) is 7.21. The molecule has 0 amide bonds. The van der Waals surface area contributed by atoms with Crippen molar-refractivity contribution in [2.45, 2.75) is 19.4 Å². The highest BCUT2D eigenvalue weighted by molar-refractivity contribution is 7.90. The lowest BCUT2D eigenvalue weighted by atomic mass is 10.1. The molecule has 1 heterocycles. The van der Waals surface area contributed by atoms with Crippen molar-refractivity contribution in [3.8, 4) is 11.5 Å². The summed E-state index contributed by atoms with van der Waals surface area (Å²) < 4.78 is 33.2. The average molecular weight is 299 g/mol. The molecule has 6 heteroatoms. The first-order valence-electron chi connectivity index (χ1n) is 6.80. The number of likely N-dealkylation sites (N-methyl/N-ethyl adjacent to an activating group) is 1. The van der Waals surface area contributed by atoms with Crippen molar-refractivity contribution in [3.63, 3.8) is 0 Å². The van der Waals surface area contributed by atoms with E-state index in [9.17, 15) is 8.42 Å². The molecule has 0 radical (unpaired) electrons. The molecule has 1 aliphatic heterocycles. The highest BCUT2D eigenvalue weighted by Gasteiger charge is 2.23. The zero-order valence-electron chi connectivity index (χ0n) is 11.9. The van der Waals surface area contributed by atoms with Crippen LogP contribution in [0.2, 0.25) is 0 Å². The minimum atomic E-state index is -2.91. The topological polar surface area (TPSA) is 64.6 Å². The van der Waals surface area contributed by atoms with Crippen molar-refractivity contribution in [1.29, 1.82) is 0 Å². The van der Waals surface area contributed by atoms with Crippen molar-refractivity contribution >= 4 is 9.84 Å². The van der Waals surface area contributed by atoms with Crippen LogP contribution in [0.5, 0.6) is 11.5 Å². The fourth-order valence-corrected chi connectivity index (χ4v) is 2.85. The lowest BCUT2D eigenvalue weighted by Gasteiger charge is -2.10. The van der Waals surface area contributed by atoms with Crippen LogP contribution in [0.3, 0.4) is 0 Å². The first-order valence-corrected chi connectivity index (χ1v) is 8.86. The highest BCUT2D eigenvalue weighted by Crippen LogP contribution is 2.35. The van der Waals surface area contributed by atoms with Crippen molar-refractivity contribution in [2.75, 3.05) is 31.8 Å². The molecule has 2 rings (SSSR count). The highest BCUT2D eigenvalue weighted by atomic mass is 32.2. The SMILES string of the molecule is CCNC1COc2cc(OCCCS(C)(=O)=O)ccc21. The molecule has 0 spiro atoms. The van der Waals surface area contributed by atoms with E-state index in [2.05, 4.69) is 12.2 Å². The smallest absolute Gasteiger partial charge is 0.147 e. The maximum absolute atomic E-state index is 11.0. The number of sulfone groups is 1. The molecule has 112 valence electrons. The van der Waals surface area contributed by atoms with Gasteiger partial charge in [-0.05, 0) is 25.1 Å². The predicted molar refractivity (Wildman–Crippen MR) is 78.2 cm³/mol. The number of benzene rings is 1. The van der Waals surface area contributed by atoms with Gasteiger partial charge < -0.3 is 14.8 Å². The van der Waals surface area contributed by atoms with Gasteiger partial charge in [0.05, 0.1) is 18.4 Å². The molecule has 0 aliphatic carbocycles. The summed E-state index contributed by atoms with van der Waals surface area (Å²) in [5.74, 6) is 1.71. The zero-order chi connectivity index (χ0) is 14.6. The molecule has 0 fully saturated rings. The molecule has 20 heavy (non-hydrogen) atoms. The Balaban J connectivity index is 1.89. The van der Waals surface area contributed by atoms with Crippen molar-refractivity contribution in [3.05, 3.63) is 23.8 Å². The summed E-state index contributed by atoms with van der Waals surface area (Å²) in [6.07, 6.45) is 1.73. The van der Waals surface area contributed by atoms with Crippen LogP contribution in [-0.4, -0.2) is 40.2 Å². The van der Waals surface area contributed by atoms with Gasteiger partial charge in [0.1, 0.15) is 27.9 Å². The normalized spacial score (nSPS) is 17.6. The van der Waals surface area contributed by atoms with E-state index in [1.807, 2.05) is 18.2 Å². The fraction of sp³-hybridized carbons (Fsp3) is 0.571. The molecule has 1 aromatic carbocycles. The van der Waals surface area contributed by atoms with E-state index in [-0.39, 0.29) is 11.8 Å². The molecule has 0 saturated heterocycles. The van der Waals surface area contributed by atoms with E-state index >= 15 is 0 Å². The van der Waals surface area contributed by atoms with Crippen LogP contribution in [0.1, 0.15) is 24.9 Å². The molecule has 1 atom stereocenters. The summed E-state index contributed by atoms with van der Waals surface area (Å²) in [6, 6.07) is 6.02. The van der Waals surface area contributed by atoms with Gasteiger partial charge in [-0.2, -0.15) is 0 Å². The van der Waals surface area contributed by atoms with Gasteiger partial charge in [0.2, 0.25) is 0 Å². The summed E-state index contributed by atoms with van der Waals surface area (Å²) in [4.78, 5) is 0. The van der Waals surface area contributed by atoms with Crippen molar-refractivity contribution < 1.29 is 17.9 Å². The van der Waals surface area contributed by atoms with E-state index in [1.165, 1.54) is 6.26 Å². The second-order valence-electron chi connectivity index (χ2n) is 4.95. The molecule has 0 bridgehead atoms. The Kier molecular flexibility index (Phi) is 4.88. The van der Waals surface area contributed by atoms with E-state index < -0.39 is 9.84 Å². The van der Waals surface area contributed by atoms with Gasteiger partial charge in [-0.15, -0.1) is 0 Å². The zero-order valence-corrected chi connectivity index (χ0v) is 12.7. The number of fused-ring (bicyclic) bond motifs is 1. The molecule has 1 aliphatic rings. The van der Waals surface area contributed by atoms with E-state index in [1.54, 1.807) is 0 Å². The summed E-state index contributed by atoms with van der Waals surface area (Å²) in [5, 5.41) is 3.36. The third-order valence-corrected chi connectivity index (χ3v) is 4.17. The van der Waals surface area contributed by atoms with E-state index in [0.717, 1.165) is 23.6 Å². The standard InChI is InChI=1S/C14H21NO4S/c1-3-15-13-10-19-14-9-11(5-6-12(13)14)18-7-4-8-20(2,16)17/h5-6,9,13,15H,3-4,7-8,10H2,1-2H3. The minimum absolute atomic E-state index is 0.150. The van der Waals surface area contributed by atoms with Crippen LogP contribution < -0.4 is 14.8 Å². The maximum Gasteiger partial charge on any atom is 0.147 e. The Morgan fingerprint density at radius 2 is 2.25 bits per heavy atom. The Morgan fingerprint density at radius 1 is 1.45 bits per heavy atom. The molecule has 5 nitrogen and oxygen atoms in total. The lowest BCUT2D eigenvalue weighted by Crippen LogP contribution is -2.21. The molecular formula is C14H21NO4S. The largest absolute Gasteiger partial charge is 0.493 e.